The molecule has 1 amide bonds. The second-order valence-corrected chi connectivity index (χ2v) is 7.39. The van der Waals surface area contributed by atoms with Crippen molar-refractivity contribution in [2.75, 3.05) is 18.6 Å². The summed E-state index contributed by atoms with van der Waals surface area (Å²) >= 11 is 0. The van der Waals surface area contributed by atoms with Crippen LogP contribution in [0.15, 0.2) is 53.4 Å². The SMILES string of the molecule is COc1ccc(N2C[C@H](NS(=O)(=O)c3ccc(F)cc3)CC2=O)cc1. The minimum Gasteiger partial charge on any atom is -0.497 e. The fraction of sp³-hybridized carbons (Fsp3) is 0.235. The number of amides is 1. The Morgan fingerprint density at radius 3 is 2.36 bits per heavy atom. The first kappa shape index (κ1) is 17.4. The van der Waals surface area contributed by atoms with Crippen molar-refractivity contribution in [2.45, 2.75) is 17.4 Å². The third-order valence-corrected chi connectivity index (χ3v) is 5.49. The summed E-state index contributed by atoms with van der Waals surface area (Å²) in [6.45, 7) is 0.228. The molecule has 0 bridgehead atoms. The second-order valence-electron chi connectivity index (χ2n) is 5.68. The Hall–Kier alpha value is -2.45. The van der Waals surface area contributed by atoms with Gasteiger partial charge in [-0.05, 0) is 48.5 Å². The molecule has 0 spiro atoms. The average Bonchev–Trinajstić information content (AvgIpc) is 2.95. The van der Waals surface area contributed by atoms with Crippen LogP contribution in [0.25, 0.3) is 0 Å². The van der Waals surface area contributed by atoms with Gasteiger partial charge in [-0.2, -0.15) is 0 Å². The van der Waals surface area contributed by atoms with Gasteiger partial charge in [-0.1, -0.05) is 0 Å². The van der Waals surface area contributed by atoms with E-state index >= 15 is 0 Å². The summed E-state index contributed by atoms with van der Waals surface area (Å²) in [5.74, 6) is -0.0124. The first-order valence-corrected chi connectivity index (χ1v) is 9.10. The Balaban J connectivity index is 1.72. The molecule has 1 N–H and O–H groups in total. The van der Waals surface area contributed by atoms with E-state index < -0.39 is 21.9 Å². The Labute approximate surface area is 145 Å². The van der Waals surface area contributed by atoms with E-state index in [0.717, 1.165) is 12.1 Å². The fourth-order valence-corrected chi connectivity index (χ4v) is 3.93. The Morgan fingerprint density at radius 2 is 1.76 bits per heavy atom. The largest absolute Gasteiger partial charge is 0.497 e. The molecule has 1 atom stereocenters. The molecule has 132 valence electrons. The molecular formula is C17H17FN2O4S. The minimum atomic E-state index is -3.82. The standard InChI is InChI=1S/C17H17FN2O4S/c1-24-15-6-4-14(5-7-15)20-11-13(10-17(20)21)19-25(22,23)16-8-2-12(18)3-9-16/h2-9,13,19H,10-11H2,1H3/t13-/m1/s1. The van der Waals surface area contributed by atoms with Gasteiger partial charge >= 0.3 is 0 Å². The average molecular weight is 364 g/mol. The highest BCUT2D eigenvalue weighted by molar-refractivity contribution is 7.89. The number of anilines is 1. The summed E-state index contributed by atoms with van der Waals surface area (Å²) in [6.07, 6.45) is 0.0620. The van der Waals surface area contributed by atoms with Crippen LogP contribution < -0.4 is 14.4 Å². The first-order chi connectivity index (χ1) is 11.9. The molecule has 0 aromatic heterocycles. The van der Waals surface area contributed by atoms with Crippen LogP contribution in [0.4, 0.5) is 10.1 Å². The van der Waals surface area contributed by atoms with Crippen molar-refractivity contribution in [2.24, 2.45) is 0 Å². The van der Waals surface area contributed by atoms with Crippen LogP contribution in [-0.4, -0.2) is 34.0 Å². The maximum atomic E-state index is 12.9. The van der Waals surface area contributed by atoms with Gasteiger partial charge < -0.3 is 9.64 Å². The molecule has 8 heteroatoms. The van der Waals surface area contributed by atoms with Crippen LogP contribution in [0.2, 0.25) is 0 Å². The van der Waals surface area contributed by atoms with E-state index in [1.54, 1.807) is 31.4 Å². The fourth-order valence-electron chi connectivity index (χ4n) is 2.70. The van der Waals surface area contributed by atoms with Crippen LogP contribution in [0.3, 0.4) is 0 Å². The predicted octanol–water partition coefficient (Wildman–Crippen LogP) is 1.92. The summed E-state index contributed by atoms with van der Waals surface area (Å²) in [7, 11) is -2.26. The summed E-state index contributed by atoms with van der Waals surface area (Å²) < 4.78 is 45.2. The molecule has 2 aromatic carbocycles. The number of ether oxygens (including phenoxy) is 1. The van der Waals surface area contributed by atoms with Gasteiger partial charge in [0.15, 0.2) is 0 Å². The topological polar surface area (TPSA) is 75.7 Å². The number of benzene rings is 2. The molecule has 0 saturated carbocycles. The smallest absolute Gasteiger partial charge is 0.240 e. The van der Waals surface area contributed by atoms with E-state index in [0.29, 0.717) is 11.4 Å². The van der Waals surface area contributed by atoms with Crippen molar-refractivity contribution < 1.29 is 22.3 Å². The molecule has 1 saturated heterocycles. The third-order valence-electron chi connectivity index (χ3n) is 3.95. The van der Waals surface area contributed by atoms with E-state index in [9.17, 15) is 17.6 Å². The van der Waals surface area contributed by atoms with Crippen molar-refractivity contribution in [1.82, 2.24) is 4.72 Å². The van der Waals surface area contributed by atoms with Crippen molar-refractivity contribution in [3.05, 3.63) is 54.3 Å². The Bertz CT molecular complexity index is 867. The zero-order chi connectivity index (χ0) is 18.0. The lowest BCUT2D eigenvalue weighted by molar-refractivity contribution is -0.117. The molecule has 2 aromatic rings. The number of carbonyl (C=O) groups is 1. The molecule has 0 unspecified atom stereocenters. The van der Waals surface area contributed by atoms with Crippen LogP contribution in [0.1, 0.15) is 6.42 Å². The molecule has 25 heavy (non-hydrogen) atoms. The third kappa shape index (κ3) is 3.80. The number of nitrogens with zero attached hydrogens (tertiary/aromatic N) is 1. The molecule has 0 aliphatic carbocycles. The van der Waals surface area contributed by atoms with Gasteiger partial charge in [-0.15, -0.1) is 0 Å². The number of rotatable bonds is 5. The van der Waals surface area contributed by atoms with Gasteiger partial charge in [-0.3, -0.25) is 4.79 Å². The maximum Gasteiger partial charge on any atom is 0.240 e. The van der Waals surface area contributed by atoms with Crippen LogP contribution in [0.5, 0.6) is 5.75 Å². The van der Waals surface area contributed by atoms with Crippen LogP contribution in [0, 0.1) is 5.82 Å². The van der Waals surface area contributed by atoms with Gasteiger partial charge in [0.1, 0.15) is 11.6 Å². The quantitative estimate of drug-likeness (QED) is 0.880. The monoisotopic (exact) mass is 364 g/mol. The lowest BCUT2D eigenvalue weighted by Gasteiger charge is -2.17. The second kappa shape index (κ2) is 6.81. The highest BCUT2D eigenvalue weighted by atomic mass is 32.2. The van der Waals surface area contributed by atoms with Gasteiger partial charge in [0.2, 0.25) is 15.9 Å². The summed E-state index contributed by atoms with van der Waals surface area (Å²) in [5, 5.41) is 0. The van der Waals surface area contributed by atoms with Crippen molar-refractivity contribution in [3.8, 4) is 5.75 Å². The van der Waals surface area contributed by atoms with E-state index in [1.165, 1.54) is 17.0 Å². The van der Waals surface area contributed by atoms with E-state index in [4.69, 9.17) is 4.74 Å². The number of hydrogen-bond acceptors (Lipinski definition) is 4. The molecule has 1 aliphatic rings. The highest BCUT2D eigenvalue weighted by Crippen LogP contribution is 2.25. The number of hydrogen-bond donors (Lipinski definition) is 1. The zero-order valence-corrected chi connectivity index (χ0v) is 14.3. The maximum absolute atomic E-state index is 12.9. The van der Waals surface area contributed by atoms with E-state index in [-0.39, 0.29) is 23.8 Å². The van der Waals surface area contributed by atoms with E-state index in [1.807, 2.05) is 0 Å². The lowest BCUT2D eigenvalue weighted by atomic mass is 10.3. The van der Waals surface area contributed by atoms with Crippen LogP contribution in [-0.2, 0) is 14.8 Å². The molecule has 1 aliphatic heterocycles. The zero-order valence-electron chi connectivity index (χ0n) is 13.5. The first-order valence-electron chi connectivity index (χ1n) is 7.61. The number of sulfonamides is 1. The summed E-state index contributed by atoms with van der Waals surface area (Å²) in [5.41, 5.74) is 0.675. The van der Waals surface area contributed by atoms with Crippen LogP contribution >= 0.6 is 0 Å². The van der Waals surface area contributed by atoms with Gasteiger partial charge in [0, 0.05) is 24.7 Å². The molecule has 1 fully saturated rings. The summed E-state index contributed by atoms with van der Waals surface area (Å²) in [4.78, 5) is 13.7. The number of carbonyl (C=O) groups excluding carboxylic acids is 1. The van der Waals surface area contributed by atoms with Crippen molar-refractivity contribution >= 4 is 21.6 Å². The Morgan fingerprint density at radius 1 is 1.12 bits per heavy atom. The number of methoxy groups -OCH3 is 1. The molecule has 6 nitrogen and oxygen atoms in total. The molecule has 3 rings (SSSR count). The normalized spacial score (nSPS) is 17.8. The van der Waals surface area contributed by atoms with Gasteiger partial charge in [-0.25, -0.2) is 17.5 Å². The van der Waals surface area contributed by atoms with E-state index in [2.05, 4.69) is 4.72 Å². The highest BCUT2D eigenvalue weighted by Gasteiger charge is 2.33. The van der Waals surface area contributed by atoms with Crippen molar-refractivity contribution in [3.63, 3.8) is 0 Å². The van der Waals surface area contributed by atoms with Gasteiger partial charge in [0.25, 0.3) is 0 Å². The Kier molecular flexibility index (Phi) is 4.73. The lowest BCUT2D eigenvalue weighted by Crippen LogP contribution is -2.37. The summed E-state index contributed by atoms with van der Waals surface area (Å²) in [6, 6.07) is 10.9. The van der Waals surface area contributed by atoms with Gasteiger partial charge in [0.05, 0.1) is 12.0 Å². The molecular weight excluding hydrogens is 347 g/mol. The molecule has 1 heterocycles. The molecule has 0 radical (unpaired) electrons. The number of nitrogens with one attached hydrogen (secondary N) is 1. The minimum absolute atomic E-state index is 0.0377. The number of halogens is 1. The predicted molar refractivity (Wildman–Crippen MR) is 90.5 cm³/mol. The van der Waals surface area contributed by atoms with Crippen molar-refractivity contribution in [1.29, 1.82) is 0 Å².